The van der Waals surface area contributed by atoms with Crippen LogP contribution in [0.2, 0.25) is 0 Å². The van der Waals surface area contributed by atoms with E-state index in [1.807, 2.05) is 49.0 Å². The SMILES string of the molecule is Cc1cccc[n+]1CC(=O)C=C1N(C)c2ccccc2C1(C)C. The van der Waals surface area contributed by atoms with E-state index in [2.05, 4.69) is 36.9 Å². The molecule has 0 saturated carbocycles. The lowest BCUT2D eigenvalue weighted by atomic mass is 9.83. The van der Waals surface area contributed by atoms with Crippen LogP contribution >= 0.6 is 0 Å². The lowest BCUT2D eigenvalue weighted by Gasteiger charge is -2.23. The fraction of sp³-hybridized carbons (Fsp3) is 0.300. The molecule has 3 rings (SSSR count). The minimum atomic E-state index is -0.155. The van der Waals surface area contributed by atoms with Gasteiger partial charge in [0.25, 0.3) is 0 Å². The second-order valence-electron chi connectivity index (χ2n) is 6.67. The number of likely N-dealkylation sites (N-methyl/N-ethyl adjacent to an activating group) is 1. The highest BCUT2D eigenvalue weighted by Gasteiger charge is 2.38. The highest BCUT2D eigenvalue weighted by atomic mass is 16.1. The maximum atomic E-state index is 12.6. The summed E-state index contributed by atoms with van der Waals surface area (Å²) in [4.78, 5) is 14.7. The van der Waals surface area contributed by atoms with Gasteiger partial charge in [-0.15, -0.1) is 0 Å². The first-order valence-electron chi connectivity index (χ1n) is 7.94. The maximum Gasteiger partial charge on any atom is 0.222 e. The van der Waals surface area contributed by atoms with Crippen LogP contribution in [0.1, 0.15) is 25.1 Å². The summed E-state index contributed by atoms with van der Waals surface area (Å²) in [7, 11) is 2.04. The Morgan fingerprint density at radius 1 is 1.17 bits per heavy atom. The van der Waals surface area contributed by atoms with Gasteiger partial charge in [-0.05, 0) is 11.6 Å². The average Bonchev–Trinajstić information content (AvgIpc) is 2.71. The van der Waals surface area contributed by atoms with Crippen LogP contribution in [0, 0.1) is 6.92 Å². The van der Waals surface area contributed by atoms with Crippen molar-refractivity contribution in [3.8, 4) is 0 Å². The Balaban J connectivity index is 1.91. The van der Waals surface area contributed by atoms with Gasteiger partial charge in [0.1, 0.15) is 0 Å². The van der Waals surface area contributed by atoms with Gasteiger partial charge in [-0.1, -0.05) is 38.1 Å². The molecule has 0 aliphatic carbocycles. The van der Waals surface area contributed by atoms with Gasteiger partial charge in [-0.3, -0.25) is 4.79 Å². The molecular weight excluding hydrogens is 284 g/mol. The van der Waals surface area contributed by atoms with Gasteiger partial charge in [-0.25, -0.2) is 0 Å². The zero-order valence-electron chi connectivity index (χ0n) is 14.2. The number of allylic oxidation sites excluding steroid dienone is 2. The van der Waals surface area contributed by atoms with Crippen LogP contribution < -0.4 is 9.47 Å². The molecular formula is C20H23N2O+. The van der Waals surface area contributed by atoms with Gasteiger partial charge in [0.05, 0.1) is 0 Å². The molecule has 0 spiro atoms. The lowest BCUT2D eigenvalue weighted by Crippen LogP contribution is -2.40. The summed E-state index contributed by atoms with van der Waals surface area (Å²) in [5.41, 5.74) is 4.43. The van der Waals surface area contributed by atoms with E-state index in [4.69, 9.17) is 0 Å². The number of ketones is 1. The number of anilines is 1. The fourth-order valence-corrected chi connectivity index (χ4v) is 3.36. The number of benzene rings is 1. The second kappa shape index (κ2) is 5.65. The molecule has 23 heavy (non-hydrogen) atoms. The van der Waals surface area contributed by atoms with E-state index >= 15 is 0 Å². The van der Waals surface area contributed by atoms with Crippen molar-refractivity contribution in [2.45, 2.75) is 32.7 Å². The number of nitrogens with zero attached hydrogens (tertiary/aromatic N) is 2. The molecule has 0 radical (unpaired) electrons. The predicted molar refractivity (Wildman–Crippen MR) is 92.3 cm³/mol. The van der Waals surface area contributed by atoms with Gasteiger partial charge in [0.15, 0.2) is 11.9 Å². The summed E-state index contributed by atoms with van der Waals surface area (Å²) in [6.45, 7) is 6.74. The van der Waals surface area contributed by atoms with Crippen molar-refractivity contribution in [3.63, 3.8) is 0 Å². The Bertz CT molecular complexity index is 790. The van der Waals surface area contributed by atoms with Gasteiger partial charge in [0.2, 0.25) is 12.3 Å². The Hall–Kier alpha value is -2.42. The van der Waals surface area contributed by atoms with Crippen LogP contribution in [0.5, 0.6) is 0 Å². The summed E-state index contributed by atoms with van der Waals surface area (Å²) < 4.78 is 1.98. The van der Waals surface area contributed by atoms with Crippen molar-refractivity contribution in [1.29, 1.82) is 0 Å². The zero-order valence-corrected chi connectivity index (χ0v) is 14.2. The number of carbonyl (C=O) groups is 1. The van der Waals surface area contributed by atoms with Crippen LogP contribution in [0.25, 0.3) is 0 Å². The predicted octanol–water partition coefficient (Wildman–Crippen LogP) is 3.16. The molecule has 0 N–H and O–H groups in total. The topological polar surface area (TPSA) is 24.2 Å². The fourth-order valence-electron chi connectivity index (χ4n) is 3.36. The Kier molecular flexibility index (Phi) is 3.80. The molecule has 0 fully saturated rings. The summed E-state index contributed by atoms with van der Waals surface area (Å²) in [6, 6.07) is 14.3. The van der Waals surface area contributed by atoms with E-state index in [0.29, 0.717) is 6.54 Å². The summed E-state index contributed by atoms with van der Waals surface area (Å²) in [6.07, 6.45) is 3.75. The van der Waals surface area contributed by atoms with Crippen molar-refractivity contribution >= 4 is 11.5 Å². The number of aryl methyl sites for hydroxylation is 1. The zero-order chi connectivity index (χ0) is 16.6. The molecule has 2 aromatic rings. The van der Waals surface area contributed by atoms with Crippen molar-refractivity contribution in [2.24, 2.45) is 0 Å². The molecule has 0 unspecified atom stereocenters. The highest BCUT2D eigenvalue weighted by molar-refractivity contribution is 5.91. The third kappa shape index (κ3) is 2.67. The van der Waals surface area contributed by atoms with Gasteiger partial charge in [-0.2, -0.15) is 4.57 Å². The van der Waals surface area contributed by atoms with Crippen LogP contribution in [0.15, 0.2) is 60.4 Å². The maximum absolute atomic E-state index is 12.6. The van der Waals surface area contributed by atoms with Crippen LogP contribution in [-0.2, 0) is 16.8 Å². The monoisotopic (exact) mass is 307 g/mol. The number of pyridine rings is 1. The molecule has 0 saturated heterocycles. The van der Waals surface area contributed by atoms with E-state index in [9.17, 15) is 4.79 Å². The lowest BCUT2D eigenvalue weighted by molar-refractivity contribution is -0.689. The highest BCUT2D eigenvalue weighted by Crippen LogP contribution is 2.46. The molecule has 1 aromatic carbocycles. The number of carbonyl (C=O) groups excluding carboxylic acids is 1. The first-order chi connectivity index (χ1) is 10.9. The standard InChI is InChI=1S/C20H23N2O/c1-15-9-7-8-12-22(15)14-16(23)13-19-20(2,3)17-10-5-6-11-18(17)21(19)4/h5-13H,14H2,1-4H3/q+1. The number of hydrogen-bond donors (Lipinski definition) is 0. The van der Waals surface area contributed by atoms with E-state index in [0.717, 1.165) is 11.4 Å². The number of rotatable bonds is 3. The Labute approximate surface area is 137 Å². The Morgan fingerprint density at radius 2 is 1.87 bits per heavy atom. The first kappa shape index (κ1) is 15.5. The number of aromatic nitrogens is 1. The van der Waals surface area contributed by atoms with E-state index < -0.39 is 0 Å². The van der Waals surface area contributed by atoms with Gasteiger partial charge < -0.3 is 4.90 Å². The summed E-state index contributed by atoms with van der Waals surface area (Å²) in [5, 5.41) is 0. The van der Waals surface area contributed by atoms with Gasteiger partial charge in [0, 0.05) is 49.0 Å². The van der Waals surface area contributed by atoms with Crippen molar-refractivity contribution in [1.82, 2.24) is 0 Å². The molecule has 0 atom stereocenters. The van der Waals surface area contributed by atoms with Gasteiger partial charge >= 0.3 is 0 Å². The molecule has 1 aliphatic rings. The normalized spacial score (nSPS) is 17.4. The third-order valence-electron chi connectivity index (χ3n) is 4.73. The molecule has 1 aromatic heterocycles. The quantitative estimate of drug-likeness (QED) is 0.642. The van der Waals surface area contributed by atoms with E-state index in [1.54, 1.807) is 6.08 Å². The number of fused-ring (bicyclic) bond motifs is 1. The van der Waals surface area contributed by atoms with Crippen LogP contribution in [0.3, 0.4) is 0 Å². The van der Waals surface area contributed by atoms with Crippen molar-refractivity contribution in [3.05, 3.63) is 71.7 Å². The molecule has 3 nitrogen and oxygen atoms in total. The van der Waals surface area contributed by atoms with Crippen molar-refractivity contribution in [2.75, 3.05) is 11.9 Å². The second-order valence-corrected chi connectivity index (χ2v) is 6.67. The average molecular weight is 307 g/mol. The Morgan fingerprint density at radius 3 is 2.57 bits per heavy atom. The molecule has 0 amide bonds. The van der Waals surface area contributed by atoms with Crippen LogP contribution in [-0.4, -0.2) is 12.8 Å². The number of hydrogen-bond acceptors (Lipinski definition) is 2. The molecule has 118 valence electrons. The smallest absolute Gasteiger partial charge is 0.222 e. The van der Waals surface area contributed by atoms with E-state index in [-0.39, 0.29) is 11.2 Å². The molecule has 3 heteroatoms. The summed E-state index contributed by atoms with van der Waals surface area (Å²) >= 11 is 0. The minimum absolute atomic E-state index is 0.118. The largest absolute Gasteiger partial charge is 0.347 e. The first-order valence-corrected chi connectivity index (χ1v) is 7.94. The molecule has 2 heterocycles. The van der Waals surface area contributed by atoms with Crippen LogP contribution in [0.4, 0.5) is 5.69 Å². The third-order valence-corrected chi connectivity index (χ3v) is 4.73. The van der Waals surface area contributed by atoms with Crippen molar-refractivity contribution < 1.29 is 9.36 Å². The van der Waals surface area contributed by atoms with E-state index in [1.165, 1.54) is 11.3 Å². The molecule has 1 aliphatic heterocycles. The number of para-hydroxylation sites is 1. The minimum Gasteiger partial charge on any atom is -0.347 e. The summed E-state index contributed by atoms with van der Waals surface area (Å²) in [5.74, 6) is 0.118. The molecule has 0 bridgehead atoms.